The first-order valence-corrected chi connectivity index (χ1v) is 5.06. The molecule has 0 aliphatic rings. The first kappa shape index (κ1) is 11.8. The fraction of sp³-hybridized carbons (Fsp3) is 0.0909. The molecule has 0 saturated heterocycles. The molecule has 2 N–H and O–H groups in total. The third kappa shape index (κ3) is 2.51. The molecule has 2 aromatic heterocycles. The van der Waals surface area contributed by atoms with Gasteiger partial charge in [-0.05, 0) is 18.2 Å². The number of rotatable bonds is 3. The molecule has 7 nitrogen and oxygen atoms in total. The van der Waals surface area contributed by atoms with Crippen LogP contribution in [0, 0.1) is 0 Å². The van der Waals surface area contributed by atoms with E-state index in [9.17, 15) is 9.59 Å². The molecule has 0 aliphatic carbocycles. The summed E-state index contributed by atoms with van der Waals surface area (Å²) in [6, 6.07) is 4.35. The molecule has 7 heteroatoms. The lowest BCUT2D eigenvalue weighted by Crippen LogP contribution is -2.13. The van der Waals surface area contributed by atoms with Crippen molar-refractivity contribution in [3.8, 4) is 0 Å². The maximum atomic E-state index is 11.8. The number of carboxylic acid groups (broad SMARTS) is 1. The van der Waals surface area contributed by atoms with Crippen molar-refractivity contribution in [2.45, 2.75) is 0 Å². The van der Waals surface area contributed by atoms with E-state index in [1.54, 1.807) is 19.3 Å². The van der Waals surface area contributed by atoms with Crippen molar-refractivity contribution in [1.82, 2.24) is 14.8 Å². The molecule has 0 unspecified atom stereocenters. The van der Waals surface area contributed by atoms with Gasteiger partial charge < -0.3 is 10.4 Å². The van der Waals surface area contributed by atoms with Crippen molar-refractivity contribution >= 4 is 17.6 Å². The number of aromatic carboxylic acids is 1. The van der Waals surface area contributed by atoms with Gasteiger partial charge in [0.1, 0.15) is 5.69 Å². The summed E-state index contributed by atoms with van der Waals surface area (Å²) in [5.41, 5.74) is 0.484. The number of pyridine rings is 1. The predicted molar refractivity (Wildman–Crippen MR) is 62.4 cm³/mol. The van der Waals surface area contributed by atoms with Crippen LogP contribution < -0.4 is 5.32 Å². The Labute approximate surface area is 102 Å². The summed E-state index contributed by atoms with van der Waals surface area (Å²) in [4.78, 5) is 26.1. The number of nitrogens with zero attached hydrogens (tertiary/aromatic N) is 3. The Morgan fingerprint density at radius 2 is 2.11 bits per heavy atom. The second-order valence-corrected chi connectivity index (χ2v) is 3.56. The second kappa shape index (κ2) is 4.66. The highest BCUT2D eigenvalue weighted by Crippen LogP contribution is 2.09. The van der Waals surface area contributed by atoms with E-state index in [0.717, 1.165) is 0 Å². The minimum absolute atomic E-state index is 0.131. The summed E-state index contributed by atoms with van der Waals surface area (Å²) in [5, 5.41) is 15.3. The van der Waals surface area contributed by atoms with Gasteiger partial charge in [-0.2, -0.15) is 5.10 Å². The summed E-state index contributed by atoms with van der Waals surface area (Å²) < 4.78 is 1.50. The molecule has 18 heavy (non-hydrogen) atoms. The monoisotopic (exact) mass is 246 g/mol. The van der Waals surface area contributed by atoms with Crippen molar-refractivity contribution < 1.29 is 14.7 Å². The average molecular weight is 246 g/mol. The molecule has 0 saturated carbocycles. The highest BCUT2D eigenvalue weighted by molar-refractivity contribution is 6.03. The number of amides is 1. The van der Waals surface area contributed by atoms with Crippen molar-refractivity contribution in [3.63, 3.8) is 0 Å². The Hall–Kier alpha value is -2.70. The first-order valence-electron chi connectivity index (χ1n) is 5.06. The van der Waals surface area contributed by atoms with Gasteiger partial charge in [-0.25, -0.2) is 9.78 Å². The molecule has 0 atom stereocenters. The van der Waals surface area contributed by atoms with Gasteiger partial charge in [0.15, 0.2) is 5.69 Å². The molecule has 92 valence electrons. The number of carbonyl (C=O) groups excluding carboxylic acids is 1. The van der Waals surface area contributed by atoms with E-state index in [2.05, 4.69) is 15.4 Å². The summed E-state index contributed by atoms with van der Waals surface area (Å²) in [5.74, 6) is -1.55. The van der Waals surface area contributed by atoms with E-state index >= 15 is 0 Å². The predicted octanol–water partition coefficient (Wildman–Crippen LogP) is 0.766. The van der Waals surface area contributed by atoms with E-state index in [1.807, 2.05) is 0 Å². The van der Waals surface area contributed by atoms with Gasteiger partial charge in [-0.15, -0.1) is 0 Å². The van der Waals surface area contributed by atoms with Gasteiger partial charge in [0.2, 0.25) is 0 Å². The molecule has 1 amide bonds. The zero-order chi connectivity index (χ0) is 13.1. The summed E-state index contributed by atoms with van der Waals surface area (Å²) >= 11 is 0. The molecule has 0 spiro atoms. The Morgan fingerprint density at radius 3 is 2.72 bits per heavy atom. The minimum atomic E-state index is -1.15. The average Bonchev–Trinajstić information content (AvgIpc) is 2.76. The number of carbonyl (C=O) groups is 2. The molecule has 0 bridgehead atoms. The lowest BCUT2D eigenvalue weighted by atomic mass is 10.3. The number of anilines is 1. The lowest BCUT2D eigenvalue weighted by molar-refractivity contribution is 0.0690. The number of nitrogens with one attached hydrogen (secondary N) is 1. The first-order chi connectivity index (χ1) is 8.56. The maximum absolute atomic E-state index is 11.8. The highest BCUT2D eigenvalue weighted by Gasteiger charge is 2.11. The molecule has 2 rings (SSSR count). The standard InChI is InChI=1S/C11H10N4O3/c1-15-5-3-8(14-15)10(16)13-7-2-4-12-9(6-7)11(17)18/h2-6H,1H3,(H,17,18)(H,12,13,16). The van der Waals surface area contributed by atoms with E-state index in [-0.39, 0.29) is 11.4 Å². The lowest BCUT2D eigenvalue weighted by Gasteiger charge is -2.03. The Balaban J connectivity index is 2.16. The molecule has 2 heterocycles. The Morgan fingerprint density at radius 1 is 1.33 bits per heavy atom. The Kier molecular flexibility index (Phi) is 3.05. The zero-order valence-electron chi connectivity index (χ0n) is 9.49. The van der Waals surface area contributed by atoms with Crippen LogP contribution in [-0.2, 0) is 7.05 Å². The largest absolute Gasteiger partial charge is 0.477 e. The number of aryl methyl sites for hydroxylation is 1. The van der Waals surface area contributed by atoms with E-state index < -0.39 is 11.9 Å². The molecule has 0 fully saturated rings. The minimum Gasteiger partial charge on any atom is -0.477 e. The zero-order valence-corrected chi connectivity index (χ0v) is 9.49. The van der Waals surface area contributed by atoms with Crippen LogP contribution in [0.25, 0.3) is 0 Å². The number of hydrogen-bond donors (Lipinski definition) is 2. The van der Waals surface area contributed by atoms with Crippen molar-refractivity contribution in [1.29, 1.82) is 0 Å². The van der Waals surface area contributed by atoms with Crippen LogP contribution in [0.3, 0.4) is 0 Å². The fourth-order valence-corrected chi connectivity index (χ4v) is 1.36. The molecule has 0 aromatic carbocycles. The molecule has 0 aliphatic heterocycles. The van der Waals surface area contributed by atoms with E-state index in [4.69, 9.17) is 5.11 Å². The van der Waals surface area contributed by atoms with Gasteiger partial charge in [-0.3, -0.25) is 9.48 Å². The van der Waals surface area contributed by atoms with E-state index in [1.165, 1.54) is 23.0 Å². The van der Waals surface area contributed by atoms with Crippen LogP contribution in [0.1, 0.15) is 21.0 Å². The van der Waals surface area contributed by atoms with Crippen molar-refractivity contribution in [2.24, 2.45) is 7.05 Å². The topological polar surface area (TPSA) is 97.1 Å². The third-order valence-corrected chi connectivity index (χ3v) is 2.18. The molecular formula is C11H10N4O3. The second-order valence-electron chi connectivity index (χ2n) is 3.56. The van der Waals surface area contributed by atoms with Crippen LogP contribution >= 0.6 is 0 Å². The van der Waals surface area contributed by atoms with Crippen LogP contribution in [0.4, 0.5) is 5.69 Å². The smallest absolute Gasteiger partial charge is 0.354 e. The van der Waals surface area contributed by atoms with Gasteiger partial charge in [0.25, 0.3) is 5.91 Å². The quantitative estimate of drug-likeness (QED) is 0.833. The number of aromatic nitrogens is 3. The molecule has 0 radical (unpaired) electrons. The van der Waals surface area contributed by atoms with Crippen LogP contribution in [-0.4, -0.2) is 31.7 Å². The van der Waals surface area contributed by atoms with Gasteiger partial charge >= 0.3 is 5.97 Å². The van der Waals surface area contributed by atoms with Crippen molar-refractivity contribution in [2.75, 3.05) is 5.32 Å². The van der Waals surface area contributed by atoms with Crippen LogP contribution in [0.5, 0.6) is 0 Å². The number of carboxylic acids is 1. The fourth-order valence-electron chi connectivity index (χ4n) is 1.36. The third-order valence-electron chi connectivity index (χ3n) is 2.18. The molecular weight excluding hydrogens is 236 g/mol. The Bertz CT molecular complexity index is 606. The van der Waals surface area contributed by atoms with Crippen LogP contribution in [0.15, 0.2) is 30.6 Å². The van der Waals surface area contributed by atoms with Crippen molar-refractivity contribution in [3.05, 3.63) is 42.0 Å². The summed E-state index contributed by atoms with van der Waals surface area (Å²) in [6.07, 6.45) is 2.96. The van der Waals surface area contributed by atoms with Gasteiger partial charge in [-0.1, -0.05) is 0 Å². The number of hydrogen-bond acceptors (Lipinski definition) is 4. The maximum Gasteiger partial charge on any atom is 0.354 e. The normalized spacial score (nSPS) is 10.1. The van der Waals surface area contributed by atoms with Gasteiger partial charge in [0.05, 0.1) is 0 Å². The summed E-state index contributed by atoms with van der Waals surface area (Å²) in [7, 11) is 1.70. The molecule has 2 aromatic rings. The van der Waals surface area contributed by atoms with E-state index in [0.29, 0.717) is 5.69 Å². The van der Waals surface area contributed by atoms with Crippen LogP contribution in [0.2, 0.25) is 0 Å². The van der Waals surface area contributed by atoms with Gasteiger partial charge in [0, 0.05) is 25.1 Å². The summed E-state index contributed by atoms with van der Waals surface area (Å²) in [6.45, 7) is 0. The SMILES string of the molecule is Cn1ccc(C(=O)Nc2ccnc(C(=O)O)c2)n1. The highest BCUT2D eigenvalue weighted by atomic mass is 16.4.